The van der Waals surface area contributed by atoms with E-state index < -0.39 is 5.97 Å². The number of fused-ring (bicyclic) bond motifs is 1. The Labute approximate surface area is 148 Å². The van der Waals surface area contributed by atoms with E-state index in [1.165, 1.54) is 0 Å². The fourth-order valence-electron chi connectivity index (χ4n) is 2.49. The molecule has 0 unspecified atom stereocenters. The zero-order valence-corrected chi connectivity index (χ0v) is 14.8. The molecule has 3 aromatic rings. The third kappa shape index (κ3) is 3.41. The van der Waals surface area contributed by atoms with Gasteiger partial charge < -0.3 is 14.6 Å². The lowest BCUT2D eigenvalue weighted by atomic mass is 10.0. The highest BCUT2D eigenvalue weighted by atomic mass is 79.9. The van der Waals surface area contributed by atoms with Gasteiger partial charge in [0.05, 0.1) is 23.3 Å². The molecule has 0 saturated heterocycles. The summed E-state index contributed by atoms with van der Waals surface area (Å²) >= 11 is 3.35. The van der Waals surface area contributed by atoms with Gasteiger partial charge in [-0.1, -0.05) is 15.9 Å². The summed E-state index contributed by atoms with van der Waals surface area (Å²) in [4.78, 5) is 16.1. The number of pyridine rings is 1. The number of aromatic nitrogens is 1. The van der Waals surface area contributed by atoms with E-state index in [0.717, 1.165) is 15.8 Å². The summed E-state index contributed by atoms with van der Waals surface area (Å²) in [6.45, 7) is 3.92. The highest BCUT2D eigenvalue weighted by Gasteiger charge is 2.09. The highest BCUT2D eigenvalue weighted by Crippen LogP contribution is 2.28. The number of hydrogen-bond acceptors (Lipinski definition) is 4. The lowest BCUT2D eigenvalue weighted by Crippen LogP contribution is -2.22. The van der Waals surface area contributed by atoms with Crippen LogP contribution in [0, 0.1) is 0 Å². The van der Waals surface area contributed by atoms with E-state index in [1.54, 1.807) is 18.2 Å². The SMILES string of the molecule is CC(C)Oc1ccc(-c2cc(C(=O)[O-])c3cc(Br)ccc3n2)cc1. The lowest BCUT2D eigenvalue weighted by Gasteiger charge is -2.12. The van der Waals surface area contributed by atoms with Crippen LogP contribution in [0.3, 0.4) is 0 Å². The third-order valence-corrected chi connectivity index (χ3v) is 4.01. The van der Waals surface area contributed by atoms with E-state index in [4.69, 9.17) is 4.74 Å². The quantitative estimate of drug-likeness (QED) is 0.685. The first kappa shape index (κ1) is 16.5. The molecule has 2 aromatic carbocycles. The Morgan fingerprint density at radius 3 is 2.46 bits per heavy atom. The van der Waals surface area contributed by atoms with Crippen LogP contribution in [-0.2, 0) is 0 Å². The second-order valence-corrected chi connectivity index (χ2v) is 6.61. The molecular weight excluding hydrogens is 370 g/mol. The zero-order valence-electron chi connectivity index (χ0n) is 13.2. The van der Waals surface area contributed by atoms with E-state index in [2.05, 4.69) is 20.9 Å². The molecule has 0 fully saturated rings. The number of halogens is 1. The van der Waals surface area contributed by atoms with Crippen molar-refractivity contribution in [1.82, 2.24) is 4.98 Å². The summed E-state index contributed by atoms with van der Waals surface area (Å²) in [7, 11) is 0. The number of carboxylic acid groups (broad SMARTS) is 1. The molecule has 122 valence electrons. The maximum absolute atomic E-state index is 11.5. The second kappa shape index (κ2) is 6.61. The Hall–Kier alpha value is -2.40. The zero-order chi connectivity index (χ0) is 17.3. The van der Waals surface area contributed by atoms with Crippen LogP contribution in [0.5, 0.6) is 5.75 Å². The van der Waals surface area contributed by atoms with Crippen molar-refractivity contribution in [2.24, 2.45) is 0 Å². The van der Waals surface area contributed by atoms with Gasteiger partial charge in [-0.15, -0.1) is 0 Å². The average Bonchev–Trinajstić information content (AvgIpc) is 2.54. The topological polar surface area (TPSA) is 62.2 Å². The predicted octanol–water partition coefficient (Wildman–Crippen LogP) is 3.82. The van der Waals surface area contributed by atoms with E-state index in [1.807, 2.05) is 44.2 Å². The first-order chi connectivity index (χ1) is 11.4. The Morgan fingerprint density at radius 2 is 1.83 bits per heavy atom. The maximum atomic E-state index is 11.5. The van der Waals surface area contributed by atoms with Crippen LogP contribution < -0.4 is 9.84 Å². The minimum atomic E-state index is -1.22. The van der Waals surface area contributed by atoms with Crippen LogP contribution in [-0.4, -0.2) is 17.1 Å². The molecule has 0 saturated carbocycles. The van der Waals surface area contributed by atoms with Crippen LogP contribution >= 0.6 is 15.9 Å². The number of rotatable bonds is 4. The molecule has 4 nitrogen and oxygen atoms in total. The Balaban J connectivity index is 2.09. The smallest absolute Gasteiger partial charge is 0.119 e. The van der Waals surface area contributed by atoms with Gasteiger partial charge in [-0.3, -0.25) is 0 Å². The van der Waals surface area contributed by atoms with E-state index >= 15 is 0 Å². The van der Waals surface area contributed by atoms with Crippen molar-refractivity contribution in [3.63, 3.8) is 0 Å². The number of carbonyl (C=O) groups excluding carboxylic acids is 1. The molecule has 0 aliphatic heterocycles. The summed E-state index contributed by atoms with van der Waals surface area (Å²) in [6, 6.07) is 14.3. The first-order valence-electron chi connectivity index (χ1n) is 7.53. The van der Waals surface area contributed by atoms with Gasteiger partial charge in [-0.2, -0.15) is 0 Å². The van der Waals surface area contributed by atoms with Crippen molar-refractivity contribution in [2.75, 3.05) is 0 Å². The highest BCUT2D eigenvalue weighted by molar-refractivity contribution is 9.10. The monoisotopic (exact) mass is 384 g/mol. The Bertz CT molecular complexity index is 904. The van der Waals surface area contributed by atoms with Crippen molar-refractivity contribution >= 4 is 32.8 Å². The van der Waals surface area contributed by atoms with E-state index in [9.17, 15) is 9.90 Å². The number of carbonyl (C=O) groups is 1. The second-order valence-electron chi connectivity index (χ2n) is 5.69. The molecular formula is C19H15BrNO3-. The van der Waals surface area contributed by atoms with Crippen molar-refractivity contribution in [2.45, 2.75) is 20.0 Å². The number of carboxylic acids is 1. The number of benzene rings is 2. The van der Waals surface area contributed by atoms with Crippen LogP contribution in [0.2, 0.25) is 0 Å². The van der Waals surface area contributed by atoms with Gasteiger partial charge in [0.2, 0.25) is 0 Å². The number of nitrogens with zero attached hydrogens (tertiary/aromatic N) is 1. The summed E-state index contributed by atoms with van der Waals surface area (Å²) in [5.41, 5.74) is 2.13. The van der Waals surface area contributed by atoms with Gasteiger partial charge in [0, 0.05) is 21.0 Å². The van der Waals surface area contributed by atoms with Crippen molar-refractivity contribution < 1.29 is 14.6 Å². The summed E-state index contributed by atoms with van der Waals surface area (Å²) in [5.74, 6) is -0.458. The molecule has 3 rings (SSSR count). The minimum Gasteiger partial charge on any atom is -0.545 e. The number of aromatic carboxylic acids is 1. The van der Waals surface area contributed by atoms with Gasteiger partial charge in [0.15, 0.2) is 0 Å². The molecule has 0 atom stereocenters. The number of ether oxygens (including phenoxy) is 1. The van der Waals surface area contributed by atoms with Crippen LogP contribution in [0.1, 0.15) is 24.2 Å². The molecule has 0 bridgehead atoms. The average molecular weight is 385 g/mol. The minimum absolute atomic E-state index is 0.0952. The van der Waals surface area contributed by atoms with E-state index in [-0.39, 0.29) is 11.7 Å². The molecule has 24 heavy (non-hydrogen) atoms. The molecule has 0 spiro atoms. The van der Waals surface area contributed by atoms with Crippen molar-refractivity contribution in [3.8, 4) is 17.0 Å². The predicted molar refractivity (Wildman–Crippen MR) is 95.0 cm³/mol. The molecule has 0 aliphatic carbocycles. The standard InChI is InChI=1S/C19H16BrNO3/c1-11(2)24-14-6-3-12(4-7-14)18-10-16(19(22)23)15-9-13(20)5-8-17(15)21-18/h3-11H,1-2H3,(H,22,23)/p-1. The molecule has 0 N–H and O–H groups in total. The summed E-state index contributed by atoms with van der Waals surface area (Å²) in [5, 5.41) is 12.1. The first-order valence-corrected chi connectivity index (χ1v) is 8.32. The molecule has 0 radical (unpaired) electrons. The van der Waals surface area contributed by atoms with Crippen LogP contribution in [0.25, 0.3) is 22.2 Å². The van der Waals surface area contributed by atoms with Crippen molar-refractivity contribution in [3.05, 3.63) is 58.6 Å². The fraction of sp³-hybridized carbons (Fsp3) is 0.158. The lowest BCUT2D eigenvalue weighted by molar-refractivity contribution is -0.254. The van der Waals surface area contributed by atoms with Gasteiger partial charge in [0.1, 0.15) is 5.75 Å². The van der Waals surface area contributed by atoms with Crippen LogP contribution in [0.4, 0.5) is 0 Å². The third-order valence-electron chi connectivity index (χ3n) is 3.51. The van der Waals surface area contributed by atoms with Gasteiger partial charge in [-0.05, 0) is 62.4 Å². The van der Waals surface area contributed by atoms with Crippen LogP contribution in [0.15, 0.2) is 53.0 Å². The molecule has 1 heterocycles. The van der Waals surface area contributed by atoms with Gasteiger partial charge in [0.25, 0.3) is 0 Å². The van der Waals surface area contributed by atoms with Gasteiger partial charge in [-0.25, -0.2) is 4.98 Å². The Morgan fingerprint density at radius 1 is 1.12 bits per heavy atom. The molecule has 1 aromatic heterocycles. The molecule has 0 amide bonds. The largest absolute Gasteiger partial charge is 0.545 e. The Kier molecular flexibility index (Phi) is 4.53. The summed E-state index contributed by atoms with van der Waals surface area (Å²) in [6.07, 6.45) is 0.0952. The van der Waals surface area contributed by atoms with Gasteiger partial charge >= 0.3 is 0 Å². The molecule has 5 heteroatoms. The maximum Gasteiger partial charge on any atom is 0.119 e. The van der Waals surface area contributed by atoms with Crippen molar-refractivity contribution in [1.29, 1.82) is 0 Å². The van der Waals surface area contributed by atoms with E-state index in [0.29, 0.717) is 16.6 Å². The molecule has 0 aliphatic rings. The fourth-order valence-corrected chi connectivity index (χ4v) is 2.85. The normalized spacial score (nSPS) is 11.0. The number of hydrogen-bond donors (Lipinski definition) is 0. The summed E-state index contributed by atoms with van der Waals surface area (Å²) < 4.78 is 6.41.